The number of ether oxygens (including phenoxy) is 3. The molecule has 0 N–H and O–H groups in total. The lowest BCUT2D eigenvalue weighted by Gasteiger charge is -2.09. The Morgan fingerprint density at radius 3 is 2.52 bits per heavy atom. The summed E-state index contributed by atoms with van der Waals surface area (Å²) in [5.41, 5.74) is -0.226. The molecule has 1 aromatic carbocycles. The SMILES string of the molecule is COC(=O)c1nnn(Cc2cc(=O)oc3cc(OC)ccc23)c1C(=O)OC. The van der Waals surface area contributed by atoms with Crippen molar-refractivity contribution in [3.8, 4) is 5.75 Å². The van der Waals surface area contributed by atoms with Crippen molar-refractivity contribution in [1.29, 1.82) is 0 Å². The third-order valence-electron chi connectivity index (χ3n) is 3.85. The van der Waals surface area contributed by atoms with Gasteiger partial charge in [0.05, 0.1) is 27.9 Å². The summed E-state index contributed by atoms with van der Waals surface area (Å²) in [5.74, 6) is -1.12. The summed E-state index contributed by atoms with van der Waals surface area (Å²) >= 11 is 0. The smallest absolute Gasteiger partial charge is 0.361 e. The molecule has 0 atom stereocenters. The summed E-state index contributed by atoms with van der Waals surface area (Å²) in [4.78, 5) is 35.9. The number of fused-ring (bicyclic) bond motifs is 1. The molecule has 0 aliphatic carbocycles. The molecule has 3 aromatic rings. The van der Waals surface area contributed by atoms with Gasteiger partial charge in [0.25, 0.3) is 0 Å². The Kier molecular flexibility index (Phi) is 4.88. The molecule has 0 saturated carbocycles. The van der Waals surface area contributed by atoms with Gasteiger partial charge < -0.3 is 18.6 Å². The van der Waals surface area contributed by atoms with E-state index in [4.69, 9.17) is 13.9 Å². The predicted octanol–water partition coefficient (Wildman–Crippen LogP) is 1.01. The van der Waals surface area contributed by atoms with E-state index in [0.29, 0.717) is 22.3 Å². The minimum atomic E-state index is -0.830. The van der Waals surface area contributed by atoms with Gasteiger partial charge >= 0.3 is 17.6 Å². The van der Waals surface area contributed by atoms with Gasteiger partial charge in [0.1, 0.15) is 11.3 Å². The highest BCUT2D eigenvalue weighted by atomic mass is 16.5. The van der Waals surface area contributed by atoms with Crippen molar-refractivity contribution < 1.29 is 28.2 Å². The Morgan fingerprint density at radius 1 is 1.11 bits per heavy atom. The van der Waals surface area contributed by atoms with E-state index in [1.165, 1.54) is 20.3 Å². The number of esters is 2. The number of aromatic nitrogens is 3. The monoisotopic (exact) mass is 373 g/mol. The van der Waals surface area contributed by atoms with Crippen molar-refractivity contribution in [2.24, 2.45) is 0 Å². The molecule has 140 valence electrons. The van der Waals surface area contributed by atoms with Crippen molar-refractivity contribution in [2.45, 2.75) is 6.54 Å². The zero-order valence-electron chi connectivity index (χ0n) is 14.7. The summed E-state index contributed by atoms with van der Waals surface area (Å²) in [7, 11) is 3.82. The normalized spacial score (nSPS) is 10.6. The summed E-state index contributed by atoms with van der Waals surface area (Å²) < 4.78 is 20.8. The van der Waals surface area contributed by atoms with E-state index >= 15 is 0 Å². The molecule has 0 saturated heterocycles. The van der Waals surface area contributed by atoms with Crippen LogP contribution in [0.3, 0.4) is 0 Å². The van der Waals surface area contributed by atoms with E-state index in [-0.39, 0.29) is 17.9 Å². The molecular weight excluding hydrogens is 358 g/mol. The average molecular weight is 373 g/mol. The molecule has 27 heavy (non-hydrogen) atoms. The second-order valence-corrected chi connectivity index (χ2v) is 5.38. The van der Waals surface area contributed by atoms with Gasteiger partial charge in [0.15, 0.2) is 5.69 Å². The molecule has 10 nitrogen and oxygen atoms in total. The molecule has 0 radical (unpaired) electrons. The molecular formula is C17H15N3O7. The Labute approximate surface area is 152 Å². The summed E-state index contributed by atoms with van der Waals surface area (Å²) in [5, 5.41) is 8.14. The van der Waals surface area contributed by atoms with E-state index in [1.807, 2.05) is 0 Å². The predicted molar refractivity (Wildman–Crippen MR) is 90.8 cm³/mol. The van der Waals surface area contributed by atoms with Crippen LogP contribution in [-0.4, -0.2) is 48.3 Å². The fraction of sp³-hybridized carbons (Fsp3) is 0.235. The molecule has 10 heteroatoms. The maximum Gasteiger partial charge on any atom is 0.361 e. The minimum Gasteiger partial charge on any atom is -0.497 e. The van der Waals surface area contributed by atoms with Crippen molar-refractivity contribution in [3.63, 3.8) is 0 Å². The van der Waals surface area contributed by atoms with E-state index in [0.717, 1.165) is 11.8 Å². The number of carbonyl (C=O) groups is 2. The van der Waals surface area contributed by atoms with Gasteiger partial charge in [-0.05, 0) is 17.7 Å². The third kappa shape index (κ3) is 3.36. The van der Waals surface area contributed by atoms with Crippen LogP contribution in [0.15, 0.2) is 33.5 Å². The van der Waals surface area contributed by atoms with Crippen LogP contribution < -0.4 is 10.4 Å². The number of benzene rings is 1. The third-order valence-corrected chi connectivity index (χ3v) is 3.85. The molecule has 0 amide bonds. The number of methoxy groups -OCH3 is 3. The first kappa shape index (κ1) is 18.1. The van der Waals surface area contributed by atoms with Crippen LogP contribution in [-0.2, 0) is 16.0 Å². The number of hydrogen-bond acceptors (Lipinski definition) is 9. The molecule has 0 aliphatic heterocycles. The highest BCUT2D eigenvalue weighted by molar-refractivity contribution is 6.00. The molecule has 0 fully saturated rings. The van der Waals surface area contributed by atoms with Crippen molar-refractivity contribution >= 4 is 22.9 Å². The van der Waals surface area contributed by atoms with E-state index in [2.05, 4.69) is 15.0 Å². The molecule has 2 aromatic heterocycles. The van der Waals surface area contributed by atoms with Crippen LogP contribution in [0.1, 0.15) is 26.5 Å². The van der Waals surface area contributed by atoms with Crippen LogP contribution >= 0.6 is 0 Å². The number of carbonyl (C=O) groups excluding carboxylic acids is 2. The fourth-order valence-electron chi connectivity index (χ4n) is 2.59. The lowest BCUT2D eigenvalue weighted by atomic mass is 10.1. The Bertz CT molecular complexity index is 1080. The van der Waals surface area contributed by atoms with Crippen LogP contribution in [0, 0.1) is 0 Å². The van der Waals surface area contributed by atoms with Crippen LogP contribution in [0.25, 0.3) is 11.0 Å². The van der Waals surface area contributed by atoms with Crippen LogP contribution in [0.4, 0.5) is 0 Å². The average Bonchev–Trinajstić information content (AvgIpc) is 3.09. The standard InChI is InChI=1S/C17H15N3O7/c1-24-10-4-5-11-9(6-13(21)27-12(11)7-10)8-20-15(17(23)26-3)14(18-19-20)16(22)25-2/h4-7H,8H2,1-3H3. The topological polar surface area (TPSA) is 123 Å². The second kappa shape index (κ2) is 7.28. The molecule has 3 rings (SSSR count). The van der Waals surface area contributed by atoms with Gasteiger partial charge in [0, 0.05) is 17.5 Å². The minimum absolute atomic E-state index is 0.0249. The molecule has 0 aliphatic rings. The number of nitrogens with zero attached hydrogens (tertiary/aromatic N) is 3. The zero-order chi connectivity index (χ0) is 19.6. The summed E-state index contributed by atoms with van der Waals surface area (Å²) in [6.07, 6.45) is 0. The van der Waals surface area contributed by atoms with Crippen LogP contribution in [0.5, 0.6) is 5.75 Å². The number of hydrogen-bond donors (Lipinski definition) is 0. The highest BCUT2D eigenvalue weighted by Gasteiger charge is 2.27. The first-order valence-corrected chi connectivity index (χ1v) is 7.69. The largest absolute Gasteiger partial charge is 0.497 e. The van der Waals surface area contributed by atoms with E-state index in [1.54, 1.807) is 18.2 Å². The second-order valence-electron chi connectivity index (χ2n) is 5.38. The van der Waals surface area contributed by atoms with Gasteiger partial charge in [-0.15, -0.1) is 5.10 Å². The Hall–Kier alpha value is -3.69. The lowest BCUT2D eigenvalue weighted by Crippen LogP contribution is -2.17. The Morgan fingerprint density at radius 2 is 1.85 bits per heavy atom. The van der Waals surface area contributed by atoms with E-state index in [9.17, 15) is 14.4 Å². The lowest BCUT2D eigenvalue weighted by molar-refractivity contribution is 0.0544. The van der Waals surface area contributed by atoms with Crippen molar-refractivity contribution in [2.75, 3.05) is 21.3 Å². The molecule has 0 unspecified atom stereocenters. The number of rotatable bonds is 5. The first-order chi connectivity index (χ1) is 13.0. The van der Waals surface area contributed by atoms with Gasteiger partial charge in [-0.2, -0.15) is 0 Å². The first-order valence-electron chi connectivity index (χ1n) is 7.69. The zero-order valence-corrected chi connectivity index (χ0v) is 14.7. The molecule has 0 bridgehead atoms. The highest BCUT2D eigenvalue weighted by Crippen LogP contribution is 2.23. The Balaban J connectivity index is 2.13. The van der Waals surface area contributed by atoms with Crippen LogP contribution in [0.2, 0.25) is 0 Å². The van der Waals surface area contributed by atoms with Gasteiger partial charge in [-0.1, -0.05) is 5.21 Å². The van der Waals surface area contributed by atoms with Gasteiger partial charge in [-0.3, -0.25) is 0 Å². The summed E-state index contributed by atoms with van der Waals surface area (Å²) in [6.45, 7) is -0.0249. The maximum absolute atomic E-state index is 12.1. The van der Waals surface area contributed by atoms with Gasteiger partial charge in [-0.25, -0.2) is 19.1 Å². The van der Waals surface area contributed by atoms with Crippen molar-refractivity contribution in [1.82, 2.24) is 15.0 Å². The molecule has 0 spiro atoms. The summed E-state index contributed by atoms with van der Waals surface area (Å²) in [6, 6.07) is 6.26. The quantitative estimate of drug-likeness (QED) is 0.476. The molecule has 2 heterocycles. The van der Waals surface area contributed by atoms with Gasteiger partial charge in [0.2, 0.25) is 5.69 Å². The maximum atomic E-state index is 12.1. The van der Waals surface area contributed by atoms with E-state index < -0.39 is 17.6 Å². The van der Waals surface area contributed by atoms with Crippen molar-refractivity contribution in [3.05, 3.63) is 51.6 Å². The fourth-order valence-corrected chi connectivity index (χ4v) is 2.59.